The standard InChI is InChI=1S/C15H15N3O3/c1-9-8-13(21-18-9)15(20)17-12-6-4-11(5-7-12)16-14(19)10-2-3-10/h4-8,10H,2-3H2,1H3,(H,16,19)(H,17,20). The highest BCUT2D eigenvalue weighted by molar-refractivity contribution is 6.02. The maximum absolute atomic E-state index is 11.9. The number of carbonyl (C=O) groups excluding carboxylic acids is 2. The van der Waals surface area contributed by atoms with Crippen molar-refractivity contribution in [2.24, 2.45) is 5.92 Å². The molecule has 3 rings (SSSR count). The Hall–Kier alpha value is -2.63. The van der Waals surface area contributed by atoms with Gasteiger partial charge >= 0.3 is 0 Å². The maximum Gasteiger partial charge on any atom is 0.294 e. The van der Waals surface area contributed by atoms with E-state index in [1.54, 1.807) is 37.3 Å². The molecule has 0 spiro atoms. The van der Waals surface area contributed by atoms with Gasteiger partial charge in [0.25, 0.3) is 5.91 Å². The molecule has 1 aromatic heterocycles. The SMILES string of the molecule is Cc1cc(C(=O)Nc2ccc(NC(=O)C3CC3)cc2)on1. The third-order valence-electron chi connectivity index (χ3n) is 3.21. The summed E-state index contributed by atoms with van der Waals surface area (Å²) in [5.74, 6) is 0.0342. The molecule has 1 fully saturated rings. The van der Waals surface area contributed by atoms with E-state index in [4.69, 9.17) is 4.52 Å². The van der Waals surface area contributed by atoms with Gasteiger partial charge in [0.2, 0.25) is 11.7 Å². The average molecular weight is 285 g/mol. The highest BCUT2D eigenvalue weighted by Gasteiger charge is 2.29. The van der Waals surface area contributed by atoms with E-state index in [9.17, 15) is 9.59 Å². The van der Waals surface area contributed by atoms with E-state index in [0.29, 0.717) is 11.4 Å². The van der Waals surface area contributed by atoms with E-state index in [1.807, 2.05) is 0 Å². The van der Waals surface area contributed by atoms with Crippen LogP contribution < -0.4 is 10.6 Å². The van der Waals surface area contributed by atoms with Gasteiger partial charge in [-0.3, -0.25) is 9.59 Å². The lowest BCUT2D eigenvalue weighted by Crippen LogP contribution is -2.13. The number of nitrogens with zero attached hydrogens (tertiary/aromatic N) is 1. The summed E-state index contributed by atoms with van der Waals surface area (Å²) < 4.78 is 4.89. The molecule has 1 aliphatic carbocycles. The molecule has 0 atom stereocenters. The van der Waals surface area contributed by atoms with E-state index in [1.165, 1.54) is 0 Å². The Morgan fingerprint density at radius 1 is 1.14 bits per heavy atom. The quantitative estimate of drug-likeness (QED) is 0.904. The third-order valence-corrected chi connectivity index (χ3v) is 3.21. The Labute approximate surface area is 121 Å². The van der Waals surface area contributed by atoms with Crippen molar-refractivity contribution >= 4 is 23.2 Å². The second-order valence-corrected chi connectivity index (χ2v) is 5.13. The summed E-state index contributed by atoms with van der Waals surface area (Å²) in [6.07, 6.45) is 1.94. The summed E-state index contributed by atoms with van der Waals surface area (Å²) >= 11 is 0. The van der Waals surface area contributed by atoms with Crippen LogP contribution in [0.25, 0.3) is 0 Å². The van der Waals surface area contributed by atoms with Gasteiger partial charge in [-0.15, -0.1) is 0 Å². The maximum atomic E-state index is 11.9. The zero-order valence-electron chi connectivity index (χ0n) is 11.6. The molecule has 0 aliphatic heterocycles. The number of nitrogens with one attached hydrogen (secondary N) is 2. The lowest BCUT2D eigenvalue weighted by atomic mass is 10.2. The van der Waals surface area contributed by atoms with Crippen molar-refractivity contribution in [3.05, 3.63) is 41.8 Å². The summed E-state index contributed by atoms with van der Waals surface area (Å²) in [6, 6.07) is 8.52. The fourth-order valence-electron chi connectivity index (χ4n) is 1.89. The van der Waals surface area contributed by atoms with Crippen molar-refractivity contribution < 1.29 is 14.1 Å². The molecular weight excluding hydrogens is 270 g/mol. The minimum Gasteiger partial charge on any atom is -0.351 e. The Kier molecular flexibility index (Phi) is 3.43. The molecule has 0 unspecified atom stereocenters. The molecule has 2 N–H and O–H groups in total. The van der Waals surface area contributed by atoms with Crippen LogP contribution in [0.15, 0.2) is 34.9 Å². The summed E-state index contributed by atoms with van der Waals surface area (Å²) in [6.45, 7) is 1.75. The van der Waals surface area contributed by atoms with E-state index < -0.39 is 0 Å². The Balaban J connectivity index is 1.61. The smallest absolute Gasteiger partial charge is 0.294 e. The second-order valence-electron chi connectivity index (χ2n) is 5.13. The van der Waals surface area contributed by atoms with Gasteiger partial charge in [-0.05, 0) is 44.0 Å². The highest BCUT2D eigenvalue weighted by atomic mass is 16.5. The summed E-state index contributed by atoms with van der Waals surface area (Å²) in [4.78, 5) is 23.5. The predicted octanol–water partition coefficient (Wildman–Crippen LogP) is 2.58. The van der Waals surface area contributed by atoms with E-state index in [0.717, 1.165) is 18.5 Å². The number of hydrogen-bond donors (Lipinski definition) is 2. The Morgan fingerprint density at radius 2 is 1.76 bits per heavy atom. The average Bonchev–Trinajstić information content (AvgIpc) is 3.23. The molecule has 108 valence electrons. The Morgan fingerprint density at radius 3 is 2.29 bits per heavy atom. The second kappa shape index (κ2) is 5.40. The van der Waals surface area contributed by atoms with Crippen LogP contribution in [-0.2, 0) is 4.79 Å². The summed E-state index contributed by atoms with van der Waals surface area (Å²) in [5.41, 5.74) is 2.00. The fourth-order valence-corrected chi connectivity index (χ4v) is 1.89. The van der Waals surface area contributed by atoms with Crippen molar-refractivity contribution in [2.45, 2.75) is 19.8 Å². The number of hydrogen-bond acceptors (Lipinski definition) is 4. The minimum atomic E-state index is -0.356. The molecule has 1 aromatic carbocycles. The number of aromatic nitrogens is 1. The predicted molar refractivity (Wildman–Crippen MR) is 77.0 cm³/mol. The topological polar surface area (TPSA) is 84.2 Å². The van der Waals surface area contributed by atoms with E-state index in [2.05, 4.69) is 15.8 Å². The van der Waals surface area contributed by atoms with Gasteiger partial charge in [-0.1, -0.05) is 5.16 Å². The highest BCUT2D eigenvalue weighted by Crippen LogP contribution is 2.30. The van der Waals surface area contributed by atoms with Gasteiger partial charge in [0.15, 0.2) is 0 Å². The van der Waals surface area contributed by atoms with E-state index in [-0.39, 0.29) is 23.5 Å². The largest absolute Gasteiger partial charge is 0.351 e. The molecule has 1 aliphatic rings. The van der Waals surface area contributed by atoms with Crippen LogP contribution >= 0.6 is 0 Å². The monoisotopic (exact) mass is 285 g/mol. The van der Waals surface area contributed by atoms with Crippen LogP contribution in [0.1, 0.15) is 29.1 Å². The molecular formula is C15H15N3O3. The van der Waals surface area contributed by atoms with E-state index >= 15 is 0 Å². The molecule has 21 heavy (non-hydrogen) atoms. The molecule has 0 bridgehead atoms. The van der Waals surface area contributed by atoms with Crippen molar-refractivity contribution in [2.75, 3.05) is 10.6 Å². The zero-order chi connectivity index (χ0) is 14.8. The zero-order valence-corrected chi connectivity index (χ0v) is 11.6. The molecule has 0 radical (unpaired) electrons. The molecule has 2 amide bonds. The Bertz CT molecular complexity index is 672. The number of rotatable bonds is 4. The van der Waals surface area contributed by atoms with Crippen molar-refractivity contribution in [3.8, 4) is 0 Å². The van der Waals surface area contributed by atoms with Gasteiger partial charge in [0, 0.05) is 23.4 Å². The molecule has 6 nitrogen and oxygen atoms in total. The van der Waals surface area contributed by atoms with Crippen LogP contribution in [0.2, 0.25) is 0 Å². The molecule has 2 aromatic rings. The first-order valence-electron chi connectivity index (χ1n) is 6.77. The molecule has 6 heteroatoms. The van der Waals surface area contributed by atoms with Gasteiger partial charge < -0.3 is 15.2 Å². The molecule has 0 saturated heterocycles. The number of amides is 2. The van der Waals surface area contributed by atoms with Gasteiger partial charge in [-0.25, -0.2) is 0 Å². The first-order valence-corrected chi connectivity index (χ1v) is 6.77. The van der Waals surface area contributed by atoms with Crippen molar-refractivity contribution in [1.82, 2.24) is 5.16 Å². The number of anilines is 2. The van der Waals surface area contributed by atoms with Crippen LogP contribution in [0.5, 0.6) is 0 Å². The fraction of sp³-hybridized carbons (Fsp3) is 0.267. The molecule has 1 heterocycles. The lowest BCUT2D eigenvalue weighted by Gasteiger charge is -2.06. The van der Waals surface area contributed by atoms with Crippen LogP contribution in [0.4, 0.5) is 11.4 Å². The molecule has 1 saturated carbocycles. The van der Waals surface area contributed by atoms with Gasteiger partial charge in [0.1, 0.15) is 0 Å². The summed E-state index contributed by atoms with van der Waals surface area (Å²) in [7, 11) is 0. The summed E-state index contributed by atoms with van der Waals surface area (Å²) in [5, 5.41) is 9.21. The van der Waals surface area contributed by atoms with Gasteiger partial charge in [0.05, 0.1) is 5.69 Å². The minimum absolute atomic E-state index is 0.0592. The first kappa shape index (κ1) is 13.4. The number of benzene rings is 1. The lowest BCUT2D eigenvalue weighted by molar-refractivity contribution is -0.117. The number of carbonyl (C=O) groups is 2. The van der Waals surface area contributed by atoms with Crippen LogP contribution in [-0.4, -0.2) is 17.0 Å². The van der Waals surface area contributed by atoms with Crippen molar-refractivity contribution in [3.63, 3.8) is 0 Å². The van der Waals surface area contributed by atoms with Crippen LogP contribution in [0, 0.1) is 12.8 Å². The van der Waals surface area contributed by atoms with Crippen LogP contribution in [0.3, 0.4) is 0 Å². The van der Waals surface area contributed by atoms with Gasteiger partial charge in [-0.2, -0.15) is 0 Å². The number of aryl methyl sites for hydroxylation is 1. The normalized spacial score (nSPS) is 13.8. The third kappa shape index (κ3) is 3.28. The first-order chi connectivity index (χ1) is 10.1. The van der Waals surface area contributed by atoms with Crippen molar-refractivity contribution in [1.29, 1.82) is 0 Å².